The van der Waals surface area contributed by atoms with Crippen LogP contribution < -0.4 is 5.32 Å². The number of Topliss-reactive ketones (excluding diaryl/α,β-unsaturated/α-hetero) is 2. The van der Waals surface area contributed by atoms with Crippen LogP contribution in [0.4, 0.5) is 11.4 Å². The van der Waals surface area contributed by atoms with Crippen LogP contribution in [-0.2, 0) is 16.6 Å². The summed E-state index contributed by atoms with van der Waals surface area (Å²) in [4.78, 5) is 57.0. The van der Waals surface area contributed by atoms with Gasteiger partial charge in [0, 0.05) is 35.1 Å². The van der Waals surface area contributed by atoms with Crippen LogP contribution in [0.5, 0.6) is 0 Å². The lowest BCUT2D eigenvalue weighted by Gasteiger charge is -2.38. The van der Waals surface area contributed by atoms with Gasteiger partial charge in [0.05, 0.1) is 16.9 Å². The van der Waals surface area contributed by atoms with Gasteiger partial charge in [0.25, 0.3) is 5.69 Å². The van der Waals surface area contributed by atoms with E-state index in [-0.39, 0.29) is 22.9 Å². The Morgan fingerprint density at radius 1 is 0.909 bits per heavy atom. The van der Waals surface area contributed by atoms with Crippen LogP contribution in [0.1, 0.15) is 62.4 Å². The van der Waals surface area contributed by atoms with Gasteiger partial charge in [-0.1, -0.05) is 92.2 Å². The van der Waals surface area contributed by atoms with Crippen molar-refractivity contribution in [2.24, 2.45) is 5.92 Å². The van der Waals surface area contributed by atoms with E-state index in [4.69, 9.17) is 0 Å². The summed E-state index contributed by atoms with van der Waals surface area (Å²) in [5, 5.41) is 14.7. The highest BCUT2D eigenvalue weighted by atomic mass is 16.6. The number of benzene rings is 4. The van der Waals surface area contributed by atoms with Crippen LogP contribution in [0.15, 0.2) is 103 Å². The van der Waals surface area contributed by atoms with Gasteiger partial charge in [0.15, 0.2) is 11.6 Å². The first kappa shape index (κ1) is 27.5. The van der Waals surface area contributed by atoms with Crippen molar-refractivity contribution in [2.45, 2.75) is 37.3 Å². The summed E-state index contributed by atoms with van der Waals surface area (Å²) in [6.07, 6.45) is 5.50. The normalized spacial score (nSPS) is 22.7. The van der Waals surface area contributed by atoms with E-state index < -0.39 is 34.1 Å². The fourth-order valence-electron chi connectivity index (χ4n) is 7.42. The first-order chi connectivity index (χ1) is 21.4. The van der Waals surface area contributed by atoms with Crippen molar-refractivity contribution in [3.63, 3.8) is 0 Å². The molecule has 0 aromatic heterocycles. The van der Waals surface area contributed by atoms with Gasteiger partial charge in [-0.25, -0.2) is 0 Å². The van der Waals surface area contributed by atoms with Gasteiger partial charge in [0.2, 0.25) is 5.91 Å². The summed E-state index contributed by atoms with van der Waals surface area (Å²) < 4.78 is 0. The van der Waals surface area contributed by atoms with Crippen molar-refractivity contribution in [1.29, 1.82) is 0 Å². The fraction of sp³-hybridized carbons (Fsp3) is 0.194. The lowest BCUT2D eigenvalue weighted by molar-refractivity contribution is -0.384. The van der Waals surface area contributed by atoms with Crippen LogP contribution in [0.2, 0.25) is 0 Å². The summed E-state index contributed by atoms with van der Waals surface area (Å²) in [5.41, 5.74) is 2.89. The number of nitro groups is 1. The Balaban J connectivity index is 1.50. The number of rotatable bonds is 7. The second-order valence-corrected chi connectivity index (χ2v) is 11.6. The topological polar surface area (TPSA) is 110 Å². The molecule has 7 rings (SSSR count). The number of anilines is 1. The Bertz CT molecular complexity index is 1880. The van der Waals surface area contributed by atoms with Crippen molar-refractivity contribution in [2.75, 3.05) is 5.32 Å². The third-order valence-corrected chi connectivity index (χ3v) is 9.24. The van der Waals surface area contributed by atoms with Crippen LogP contribution >= 0.6 is 0 Å². The molecule has 0 saturated carbocycles. The molecule has 1 saturated heterocycles. The maximum absolute atomic E-state index is 14.9. The number of amides is 1. The number of non-ortho nitro benzene ring substituents is 1. The Hall–Kier alpha value is -5.37. The number of fused-ring (bicyclic) bond motifs is 6. The lowest BCUT2D eigenvalue weighted by Crippen LogP contribution is -2.49. The Kier molecular flexibility index (Phi) is 6.50. The number of hydrogen-bond acceptors (Lipinski definition) is 6. The maximum Gasteiger partial charge on any atom is 0.270 e. The molecule has 1 fully saturated rings. The third kappa shape index (κ3) is 3.94. The number of nitro benzene ring substituents is 1. The number of hydrogen-bond donors (Lipinski definition) is 1. The molecular formula is C36H29N3O5. The molecule has 8 nitrogen and oxygen atoms in total. The van der Waals surface area contributed by atoms with E-state index in [0.717, 1.165) is 29.5 Å². The van der Waals surface area contributed by atoms with Crippen molar-refractivity contribution in [1.82, 2.24) is 4.90 Å². The van der Waals surface area contributed by atoms with Crippen molar-refractivity contribution >= 4 is 34.9 Å². The highest BCUT2D eigenvalue weighted by Crippen LogP contribution is 2.62. The van der Waals surface area contributed by atoms with Crippen LogP contribution in [0, 0.1) is 16.0 Å². The van der Waals surface area contributed by atoms with Crippen LogP contribution in [-0.4, -0.2) is 33.3 Å². The molecule has 4 atom stereocenters. The molecule has 0 unspecified atom stereocenters. The fourth-order valence-corrected chi connectivity index (χ4v) is 7.42. The maximum atomic E-state index is 14.9. The molecule has 3 heterocycles. The van der Waals surface area contributed by atoms with E-state index in [2.05, 4.69) is 12.2 Å². The average molecular weight is 584 g/mol. The molecule has 44 heavy (non-hydrogen) atoms. The van der Waals surface area contributed by atoms with Gasteiger partial charge in [0.1, 0.15) is 11.5 Å². The predicted molar refractivity (Wildman–Crippen MR) is 166 cm³/mol. The monoisotopic (exact) mass is 583 g/mol. The lowest BCUT2D eigenvalue weighted by atomic mass is 9.62. The van der Waals surface area contributed by atoms with Gasteiger partial charge in [-0.15, -0.1) is 0 Å². The third-order valence-electron chi connectivity index (χ3n) is 9.24. The van der Waals surface area contributed by atoms with E-state index in [9.17, 15) is 24.5 Å². The number of aryl methyl sites for hydroxylation is 1. The van der Waals surface area contributed by atoms with Gasteiger partial charge < -0.3 is 10.2 Å². The first-order valence-corrected chi connectivity index (χ1v) is 14.7. The van der Waals surface area contributed by atoms with Crippen molar-refractivity contribution in [3.05, 3.63) is 147 Å². The minimum absolute atomic E-state index is 0.107. The molecule has 4 aromatic carbocycles. The molecule has 4 aromatic rings. The summed E-state index contributed by atoms with van der Waals surface area (Å²) in [6.45, 7) is 2.09. The Morgan fingerprint density at radius 3 is 2.43 bits per heavy atom. The summed E-state index contributed by atoms with van der Waals surface area (Å²) >= 11 is 0. The van der Waals surface area contributed by atoms with Crippen molar-refractivity contribution < 1.29 is 19.3 Å². The zero-order chi connectivity index (χ0) is 30.6. The molecule has 0 bridgehead atoms. The first-order valence-electron chi connectivity index (χ1n) is 14.7. The standard InChI is InChI=1S/C36H29N3O5/c1-2-8-22-15-17-24(18-16-22)32(40)30-31(33(41)25-10-7-11-26(21-25)39(43)44)38-20-19-23-9-3-4-12-27(23)34(38)36(30)28-13-5-6-14-29(28)37-35(36)42/h3-7,9-21,30-31,34H,2,8H2,1H3,(H,37,42)/t30-,31-,34-,36-/m1/s1. The molecule has 1 N–H and O–H groups in total. The Morgan fingerprint density at radius 2 is 1.66 bits per heavy atom. The number of para-hydroxylation sites is 1. The number of carbonyl (C=O) groups excluding carboxylic acids is 3. The van der Waals surface area contributed by atoms with Crippen LogP contribution in [0.25, 0.3) is 6.08 Å². The summed E-state index contributed by atoms with van der Waals surface area (Å²) in [7, 11) is 0. The van der Waals surface area contributed by atoms with E-state index in [1.54, 1.807) is 18.3 Å². The molecule has 218 valence electrons. The summed E-state index contributed by atoms with van der Waals surface area (Å²) in [6, 6.07) is 26.2. The molecule has 3 aliphatic rings. The Labute approximate surface area is 254 Å². The number of carbonyl (C=O) groups is 3. The minimum Gasteiger partial charge on any atom is -0.358 e. The highest BCUT2D eigenvalue weighted by Gasteiger charge is 2.70. The molecule has 0 aliphatic carbocycles. The number of nitrogens with zero attached hydrogens (tertiary/aromatic N) is 2. The van der Waals surface area contributed by atoms with Gasteiger partial charge in [-0.2, -0.15) is 0 Å². The van der Waals surface area contributed by atoms with E-state index in [1.807, 2.05) is 71.6 Å². The number of ketones is 2. The molecule has 0 radical (unpaired) electrons. The zero-order valence-corrected chi connectivity index (χ0v) is 24.0. The molecule has 1 spiro atoms. The van der Waals surface area contributed by atoms with Gasteiger partial charge in [-0.05, 0) is 40.8 Å². The van der Waals surface area contributed by atoms with Crippen molar-refractivity contribution in [3.8, 4) is 0 Å². The SMILES string of the molecule is CCCc1ccc(C(=O)[C@H]2[C@H](C(=O)c3cccc([N+](=O)[O-])c3)N3C=Cc4ccccc4[C@@H]3[C@]23C(=O)Nc2ccccc23)cc1. The van der Waals surface area contributed by atoms with E-state index in [0.29, 0.717) is 16.8 Å². The zero-order valence-electron chi connectivity index (χ0n) is 24.0. The number of nitrogens with one attached hydrogen (secondary N) is 1. The van der Waals surface area contributed by atoms with Gasteiger partial charge in [-0.3, -0.25) is 24.5 Å². The van der Waals surface area contributed by atoms with Gasteiger partial charge >= 0.3 is 0 Å². The van der Waals surface area contributed by atoms with E-state index in [1.165, 1.54) is 24.3 Å². The molecule has 3 aliphatic heterocycles. The van der Waals surface area contributed by atoms with E-state index >= 15 is 0 Å². The molecule has 1 amide bonds. The quantitative estimate of drug-likeness (QED) is 0.151. The second kappa shape index (κ2) is 10.4. The molecular weight excluding hydrogens is 554 g/mol. The van der Waals surface area contributed by atoms with Crippen LogP contribution in [0.3, 0.4) is 0 Å². The minimum atomic E-state index is -1.46. The largest absolute Gasteiger partial charge is 0.358 e. The smallest absolute Gasteiger partial charge is 0.270 e. The summed E-state index contributed by atoms with van der Waals surface area (Å²) in [5.74, 6) is -2.29. The second-order valence-electron chi connectivity index (χ2n) is 11.6. The predicted octanol–water partition coefficient (Wildman–Crippen LogP) is 6.53. The average Bonchev–Trinajstić information content (AvgIpc) is 3.53. The molecule has 8 heteroatoms. The highest BCUT2D eigenvalue weighted by molar-refractivity contribution is 6.16.